The molecular formula is C22H25N3O2. The number of rotatable bonds is 7. The number of carbonyl (C=O) groups excluding carboxylic acids is 1. The first-order valence-electron chi connectivity index (χ1n) is 9.66. The monoisotopic (exact) mass is 363 g/mol. The molecule has 1 amide bonds. The van der Waals surface area contributed by atoms with Gasteiger partial charge in [-0.15, -0.1) is 0 Å². The third-order valence-electron chi connectivity index (χ3n) is 4.94. The number of benzene rings is 1. The lowest BCUT2D eigenvalue weighted by Crippen LogP contribution is -2.24. The highest BCUT2D eigenvalue weighted by atomic mass is 16.3. The van der Waals surface area contributed by atoms with Gasteiger partial charge in [0.1, 0.15) is 5.76 Å². The maximum atomic E-state index is 13.1. The summed E-state index contributed by atoms with van der Waals surface area (Å²) in [6.07, 6.45) is 5.61. The second-order valence-corrected chi connectivity index (χ2v) is 7.24. The molecule has 0 atom stereocenters. The molecule has 27 heavy (non-hydrogen) atoms. The van der Waals surface area contributed by atoms with E-state index < -0.39 is 0 Å². The first-order chi connectivity index (χ1) is 13.2. The highest BCUT2D eigenvalue weighted by Gasteiger charge is 2.34. The van der Waals surface area contributed by atoms with E-state index in [1.807, 2.05) is 22.9 Å². The van der Waals surface area contributed by atoms with Crippen LogP contribution < -0.4 is 5.32 Å². The van der Waals surface area contributed by atoms with Gasteiger partial charge in [-0.05, 0) is 56.0 Å². The van der Waals surface area contributed by atoms with Gasteiger partial charge in [0, 0.05) is 5.92 Å². The highest BCUT2D eigenvalue weighted by molar-refractivity contribution is 5.97. The molecule has 5 nitrogen and oxygen atoms in total. The van der Waals surface area contributed by atoms with Crippen LogP contribution in [0.4, 0.5) is 0 Å². The number of furan rings is 1. The second kappa shape index (κ2) is 7.43. The molecule has 1 saturated carbocycles. The Morgan fingerprint density at radius 2 is 2.15 bits per heavy atom. The lowest BCUT2D eigenvalue weighted by atomic mass is 10.1. The molecule has 5 heteroatoms. The van der Waals surface area contributed by atoms with Gasteiger partial charge in [-0.3, -0.25) is 4.79 Å². The summed E-state index contributed by atoms with van der Waals surface area (Å²) in [4.78, 5) is 13.1. The molecule has 3 aromatic rings. The molecule has 0 unspecified atom stereocenters. The summed E-state index contributed by atoms with van der Waals surface area (Å²) in [7, 11) is 0. The zero-order valence-electron chi connectivity index (χ0n) is 15.9. The fourth-order valence-electron chi connectivity index (χ4n) is 3.47. The van der Waals surface area contributed by atoms with Gasteiger partial charge < -0.3 is 9.73 Å². The standard InChI is InChI=1S/C22H25N3O2/c1-3-6-19-20(22(26)23-14-18-9-5-12-27-18)21(16-10-11-16)24-25(19)17-8-4-7-15(2)13-17/h4-5,7-9,12-13,16H,3,6,10-11,14H2,1-2H3,(H,23,26). The summed E-state index contributed by atoms with van der Waals surface area (Å²) in [6, 6.07) is 12.0. The lowest BCUT2D eigenvalue weighted by Gasteiger charge is -2.10. The van der Waals surface area contributed by atoms with Crippen LogP contribution in [0.5, 0.6) is 0 Å². The molecule has 0 bridgehead atoms. The molecule has 140 valence electrons. The fourth-order valence-corrected chi connectivity index (χ4v) is 3.47. The molecule has 0 spiro atoms. The molecule has 0 aliphatic heterocycles. The third kappa shape index (κ3) is 3.68. The topological polar surface area (TPSA) is 60.1 Å². The van der Waals surface area contributed by atoms with Gasteiger partial charge in [-0.1, -0.05) is 25.5 Å². The van der Waals surface area contributed by atoms with Crippen molar-refractivity contribution in [3.05, 3.63) is 70.9 Å². The smallest absolute Gasteiger partial charge is 0.255 e. The van der Waals surface area contributed by atoms with E-state index in [4.69, 9.17) is 9.52 Å². The second-order valence-electron chi connectivity index (χ2n) is 7.24. The number of amides is 1. The van der Waals surface area contributed by atoms with Gasteiger partial charge in [-0.2, -0.15) is 5.10 Å². The van der Waals surface area contributed by atoms with E-state index in [1.54, 1.807) is 6.26 Å². The van der Waals surface area contributed by atoms with Crippen LogP contribution in [0, 0.1) is 6.92 Å². The minimum atomic E-state index is -0.0596. The van der Waals surface area contributed by atoms with Crippen LogP contribution in [0.1, 0.15) is 65.2 Å². The first kappa shape index (κ1) is 17.6. The summed E-state index contributed by atoms with van der Waals surface area (Å²) in [5, 5.41) is 7.91. The average molecular weight is 363 g/mol. The molecular weight excluding hydrogens is 338 g/mol. The van der Waals surface area contributed by atoms with Crippen molar-refractivity contribution in [2.24, 2.45) is 0 Å². The van der Waals surface area contributed by atoms with Crippen LogP contribution in [0.2, 0.25) is 0 Å². The predicted octanol–water partition coefficient (Wildman–Crippen LogP) is 4.53. The number of nitrogens with zero attached hydrogens (tertiary/aromatic N) is 2. The summed E-state index contributed by atoms with van der Waals surface area (Å²) in [5.74, 6) is 1.09. The number of hydrogen-bond acceptors (Lipinski definition) is 3. The molecule has 1 aliphatic carbocycles. The van der Waals surface area contributed by atoms with Crippen LogP contribution in [-0.2, 0) is 13.0 Å². The van der Waals surface area contributed by atoms with Crippen LogP contribution in [0.3, 0.4) is 0 Å². The Morgan fingerprint density at radius 1 is 1.30 bits per heavy atom. The van der Waals surface area contributed by atoms with Crippen molar-refractivity contribution in [1.29, 1.82) is 0 Å². The maximum absolute atomic E-state index is 13.1. The Labute approximate surface area is 159 Å². The summed E-state index contributed by atoms with van der Waals surface area (Å²) < 4.78 is 7.32. The molecule has 1 N–H and O–H groups in total. The molecule has 0 radical (unpaired) electrons. The highest BCUT2D eigenvalue weighted by Crippen LogP contribution is 2.42. The Morgan fingerprint density at radius 3 is 2.81 bits per heavy atom. The Kier molecular flexibility index (Phi) is 4.84. The fraction of sp³-hybridized carbons (Fsp3) is 0.364. The van der Waals surface area contributed by atoms with Crippen LogP contribution in [0.25, 0.3) is 5.69 Å². The molecule has 2 aromatic heterocycles. The number of aryl methyl sites for hydroxylation is 1. The SMILES string of the molecule is CCCc1c(C(=O)NCc2ccco2)c(C2CC2)nn1-c1cccc(C)c1. The van der Waals surface area contributed by atoms with Crippen LogP contribution in [-0.4, -0.2) is 15.7 Å². The molecule has 2 heterocycles. The Balaban J connectivity index is 1.73. The predicted molar refractivity (Wildman–Crippen MR) is 104 cm³/mol. The average Bonchev–Trinajstić information content (AvgIpc) is 3.24. The molecule has 1 fully saturated rings. The zero-order valence-corrected chi connectivity index (χ0v) is 15.9. The summed E-state index contributed by atoms with van der Waals surface area (Å²) in [5.41, 5.74) is 4.90. The minimum absolute atomic E-state index is 0.0596. The summed E-state index contributed by atoms with van der Waals surface area (Å²) in [6.45, 7) is 4.59. The van der Waals surface area contributed by atoms with Gasteiger partial charge in [0.25, 0.3) is 5.91 Å². The number of aromatic nitrogens is 2. The Bertz CT molecular complexity index is 937. The van der Waals surface area contributed by atoms with Crippen molar-refractivity contribution in [3.8, 4) is 5.69 Å². The van der Waals surface area contributed by atoms with E-state index in [0.717, 1.165) is 54.1 Å². The van der Waals surface area contributed by atoms with E-state index in [9.17, 15) is 4.79 Å². The van der Waals surface area contributed by atoms with Crippen molar-refractivity contribution in [1.82, 2.24) is 15.1 Å². The largest absolute Gasteiger partial charge is 0.467 e. The minimum Gasteiger partial charge on any atom is -0.467 e. The maximum Gasteiger partial charge on any atom is 0.255 e. The van der Waals surface area contributed by atoms with Crippen molar-refractivity contribution >= 4 is 5.91 Å². The van der Waals surface area contributed by atoms with E-state index >= 15 is 0 Å². The number of hydrogen-bond donors (Lipinski definition) is 1. The van der Waals surface area contributed by atoms with Gasteiger partial charge in [0.05, 0.1) is 35.4 Å². The van der Waals surface area contributed by atoms with E-state index in [1.165, 1.54) is 5.56 Å². The van der Waals surface area contributed by atoms with E-state index in [-0.39, 0.29) is 5.91 Å². The summed E-state index contributed by atoms with van der Waals surface area (Å²) >= 11 is 0. The van der Waals surface area contributed by atoms with Gasteiger partial charge in [-0.25, -0.2) is 4.68 Å². The van der Waals surface area contributed by atoms with E-state index in [2.05, 4.69) is 37.4 Å². The van der Waals surface area contributed by atoms with Crippen molar-refractivity contribution in [2.45, 2.75) is 52.0 Å². The quantitative estimate of drug-likeness (QED) is 0.671. The van der Waals surface area contributed by atoms with Crippen molar-refractivity contribution < 1.29 is 9.21 Å². The molecule has 4 rings (SSSR count). The third-order valence-corrected chi connectivity index (χ3v) is 4.94. The van der Waals surface area contributed by atoms with Crippen LogP contribution in [0.15, 0.2) is 47.1 Å². The zero-order chi connectivity index (χ0) is 18.8. The van der Waals surface area contributed by atoms with Gasteiger partial charge in [0.2, 0.25) is 0 Å². The number of carbonyl (C=O) groups is 1. The first-order valence-corrected chi connectivity index (χ1v) is 9.66. The van der Waals surface area contributed by atoms with Gasteiger partial charge in [0.15, 0.2) is 0 Å². The molecule has 1 aliphatic rings. The van der Waals surface area contributed by atoms with Crippen molar-refractivity contribution in [2.75, 3.05) is 0 Å². The number of nitrogens with one attached hydrogen (secondary N) is 1. The normalized spacial score (nSPS) is 13.7. The molecule has 0 saturated heterocycles. The van der Waals surface area contributed by atoms with E-state index in [0.29, 0.717) is 12.5 Å². The lowest BCUT2D eigenvalue weighted by molar-refractivity contribution is 0.0946. The van der Waals surface area contributed by atoms with Crippen LogP contribution >= 0.6 is 0 Å². The molecule has 1 aromatic carbocycles. The van der Waals surface area contributed by atoms with Crippen molar-refractivity contribution in [3.63, 3.8) is 0 Å². The Hall–Kier alpha value is -2.82. The van der Waals surface area contributed by atoms with Gasteiger partial charge >= 0.3 is 0 Å².